The van der Waals surface area contributed by atoms with Crippen molar-refractivity contribution in [2.75, 3.05) is 12.9 Å². The van der Waals surface area contributed by atoms with Gasteiger partial charge in [0.05, 0.1) is 23.7 Å². The van der Waals surface area contributed by atoms with Crippen molar-refractivity contribution in [3.8, 4) is 0 Å². The molecule has 0 heterocycles. The number of rotatable bonds is 7. The molecule has 8 nitrogen and oxygen atoms in total. The van der Waals surface area contributed by atoms with Crippen molar-refractivity contribution in [3.63, 3.8) is 0 Å². The van der Waals surface area contributed by atoms with Crippen molar-refractivity contribution in [1.29, 1.82) is 0 Å². The Kier molecular flexibility index (Phi) is 7.33. The lowest BCUT2D eigenvalue weighted by Gasteiger charge is -2.19. The Labute approximate surface area is 143 Å². The van der Waals surface area contributed by atoms with Gasteiger partial charge in [-0.3, -0.25) is 14.9 Å². The smallest absolute Gasteiger partial charge is 0.338 e. The van der Waals surface area contributed by atoms with Gasteiger partial charge in [0.15, 0.2) is 5.12 Å². The van der Waals surface area contributed by atoms with E-state index in [2.05, 4.69) is 4.74 Å². The van der Waals surface area contributed by atoms with Crippen molar-refractivity contribution in [3.05, 3.63) is 38.9 Å². The molecule has 0 saturated carbocycles. The van der Waals surface area contributed by atoms with Crippen molar-refractivity contribution >= 4 is 28.5 Å². The van der Waals surface area contributed by atoms with E-state index >= 15 is 0 Å². The molecule has 1 aromatic rings. The summed E-state index contributed by atoms with van der Waals surface area (Å²) in [5.41, 5.74) is -0.249. The number of aliphatic hydroxyl groups excluding tert-OH is 2. The third-order valence-corrected chi connectivity index (χ3v) is 4.28. The Morgan fingerprint density at radius 3 is 2.50 bits per heavy atom. The number of nitrogens with zero attached hydrogens (tertiary/aromatic N) is 1. The van der Waals surface area contributed by atoms with E-state index in [-0.39, 0.29) is 33.9 Å². The highest BCUT2D eigenvalue weighted by atomic mass is 32.2. The molecule has 1 rings (SSSR count). The van der Waals surface area contributed by atoms with Crippen LogP contribution in [0.5, 0.6) is 0 Å². The van der Waals surface area contributed by atoms with Crippen LogP contribution >= 0.6 is 11.8 Å². The van der Waals surface area contributed by atoms with E-state index in [4.69, 9.17) is 0 Å². The van der Waals surface area contributed by atoms with E-state index in [0.717, 1.165) is 24.9 Å². The molecule has 24 heavy (non-hydrogen) atoms. The van der Waals surface area contributed by atoms with E-state index in [1.165, 1.54) is 19.9 Å². The zero-order chi connectivity index (χ0) is 18.4. The summed E-state index contributed by atoms with van der Waals surface area (Å²) in [6.07, 6.45) is -2.55. The Balaban J connectivity index is 3.13. The van der Waals surface area contributed by atoms with Crippen molar-refractivity contribution in [2.45, 2.75) is 32.5 Å². The Morgan fingerprint density at radius 2 is 2.00 bits per heavy atom. The van der Waals surface area contributed by atoms with Crippen molar-refractivity contribution in [2.24, 2.45) is 0 Å². The van der Waals surface area contributed by atoms with Crippen LogP contribution in [-0.4, -0.2) is 45.2 Å². The molecule has 0 aliphatic carbocycles. The monoisotopic (exact) mass is 357 g/mol. The van der Waals surface area contributed by atoms with E-state index in [9.17, 15) is 29.9 Å². The fourth-order valence-electron chi connectivity index (χ4n) is 2.11. The summed E-state index contributed by atoms with van der Waals surface area (Å²) < 4.78 is 4.59. The Hall–Kier alpha value is -1.97. The standard InChI is InChI=1S/C15H19NO7S/c1-8-11(15(20)23-3)6-10(7-12(8)16(21)22)14(19)13(18)4-5-24-9(2)17/h6-7,13-14,18-19H,4-5H2,1-3H3. The summed E-state index contributed by atoms with van der Waals surface area (Å²) >= 11 is 1.00. The Morgan fingerprint density at radius 1 is 1.38 bits per heavy atom. The number of hydrogen-bond donors (Lipinski definition) is 2. The van der Waals surface area contributed by atoms with E-state index in [1.807, 2.05) is 0 Å². The summed E-state index contributed by atoms with van der Waals surface area (Å²) in [5.74, 6) is -0.475. The van der Waals surface area contributed by atoms with Gasteiger partial charge < -0.3 is 14.9 Å². The number of nitro benzene ring substituents is 1. The summed E-state index contributed by atoms with van der Waals surface area (Å²) in [6, 6.07) is 2.38. The summed E-state index contributed by atoms with van der Waals surface area (Å²) in [4.78, 5) is 33.1. The topological polar surface area (TPSA) is 127 Å². The lowest BCUT2D eigenvalue weighted by Crippen LogP contribution is -2.20. The van der Waals surface area contributed by atoms with Gasteiger partial charge in [0.1, 0.15) is 6.10 Å². The van der Waals surface area contributed by atoms with Crippen LogP contribution in [0.4, 0.5) is 5.69 Å². The zero-order valence-corrected chi connectivity index (χ0v) is 14.3. The lowest BCUT2D eigenvalue weighted by atomic mass is 9.96. The summed E-state index contributed by atoms with van der Waals surface area (Å²) in [5, 5.41) is 31.3. The number of aliphatic hydroxyl groups is 2. The molecule has 0 saturated heterocycles. The Bertz CT molecular complexity index is 647. The molecule has 0 aliphatic rings. The molecule has 0 radical (unpaired) electrons. The second kappa shape index (κ2) is 8.76. The van der Waals surface area contributed by atoms with Gasteiger partial charge in [-0.05, 0) is 25.0 Å². The first kappa shape index (κ1) is 20.1. The van der Waals surface area contributed by atoms with Gasteiger partial charge in [-0.15, -0.1) is 0 Å². The van der Waals surface area contributed by atoms with Gasteiger partial charge in [0, 0.05) is 24.3 Å². The maximum Gasteiger partial charge on any atom is 0.338 e. The molecule has 0 bridgehead atoms. The predicted octanol–water partition coefficient (Wildman–Crippen LogP) is 1.75. The van der Waals surface area contributed by atoms with Gasteiger partial charge >= 0.3 is 5.97 Å². The predicted molar refractivity (Wildman–Crippen MR) is 87.9 cm³/mol. The molecule has 0 spiro atoms. The maximum absolute atomic E-state index is 11.8. The minimum absolute atomic E-state index is 0.0352. The van der Waals surface area contributed by atoms with E-state index in [0.29, 0.717) is 5.75 Å². The highest BCUT2D eigenvalue weighted by Gasteiger charge is 2.26. The van der Waals surface area contributed by atoms with Crippen LogP contribution in [0, 0.1) is 17.0 Å². The number of methoxy groups -OCH3 is 1. The number of hydrogen-bond acceptors (Lipinski definition) is 8. The maximum atomic E-state index is 11.8. The second-order valence-corrected chi connectivity index (χ2v) is 6.37. The quantitative estimate of drug-likeness (QED) is 0.429. The number of benzene rings is 1. The van der Waals surface area contributed by atoms with E-state index in [1.54, 1.807) is 0 Å². The first-order valence-electron chi connectivity index (χ1n) is 7.05. The fraction of sp³-hybridized carbons (Fsp3) is 0.467. The number of carbonyl (C=O) groups excluding carboxylic acids is 2. The van der Waals surface area contributed by atoms with Crippen LogP contribution in [0.1, 0.15) is 40.9 Å². The van der Waals surface area contributed by atoms with Crippen LogP contribution in [0.15, 0.2) is 12.1 Å². The van der Waals surface area contributed by atoms with Crippen LogP contribution in [0.3, 0.4) is 0 Å². The third kappa shape index (κ3) is 5.02. The van der Waals surface area contributed by atoms with Crippen LogP contribution in [-0.2, 0) is 9.53 Å². The largest absolute Gasteiger partial charge is 0.465 e. The number of thioether (sulfide) groups is 1. The average molecular weight is 357 g/mol. The fourth-order valence-corrected chi connectivity index (χ4v) is 2.75. The number of carbonyl (C=O) groups is 2. The second-order valence-electron chi connectivity index (χ2n) is 5.10. The summed E-state index contributed by atoms with van der Waals surface area (Å²) in [7, 11) is 1.14. The molecule has 0 amide bonds. The number of nitro groups is 1. The summed E-state index contributed by atoms with van der Waals surface area (Å²) in [6.45, 7) is 2.79. The van der Waals surface area contributed by atoms with Crippen LogP contribution < -0.4 is 0 Å². The SMILES string of the molecule is COC(=O)c1cc(C(O)C(O)CCSC(C)=O)cc([N+](=O)[O-])c1C. The van der Waals surface area contributed by atoms with Gasteiger partial charge in [-0.25, -0.2) is 4.79 Å². The zero-order valence-electron chi connectivity index (χ0n) is 13.5. The molecule has 9 heteroatoms. The minimum atomic E-state index is -1.43. The van der Waals surface area contributed by atoms with Gasteiger partial charge in [-0.1, -0.05) is 11.8 Å². The molecule has 2 atom stereocenters. The van der Waals surface area contributed by atoms with Gasteiger partial charge in [-0.2, -0.15) is 0 Å². The van der Waals surface area contributed by atoms with Crippen LogP contribution in [0.2, 0.25) is 0 Å². The normalized spacial score (nSPS) is 13.2. The molecule has 0 aromatic heterocycles. The van der Waals surface area contributed by atoms with E-state index < -0.39 is 23.1 Å². The van der Waals surface area contributed by atoms with Crippen LogP contribution in [0.25, 0.3) is 0 Å². The third-order valence-electron chi connectivity index (χ3n) is 3.43. The van der Waals surface area contributed by atoms with Crippen molar-refractivity contribution in [1.82, 2.24) is 0 Å². The molecule has 2 N–H and O–H groups in total. The first-order chi connectivity index (χ1) is 11.2. The van der Waals surface area contributed by atoms with Crippen molar-refractivity contribution < 1.29 is 29.5 Å². The van der Waals surface area contributed by atoms with Gasteiger partial charge in [0.2, 0.25) is 0 Å². The molecule has 132 valence electrons. The molecular weight excluding hydrogens is 338 g/mol. The average Bonchev–Trinajstić information content (AvgIpc) is 2.52. The molecule has 0 fully saturated rings. The number of ether oxygens (including phenoxy) is 1. The molecule has 1 aromatic carbocycles. The molecule has 2 unspecified atom stereocenters. The van der Waals surface area contributed by atoms with Gasteiger partial charge in [0.25, 0.3) is 5.69 Å². The minimum Gasteiger partial charge on any atom is -0.465 e. The first-order valence-corrected chi connectivity index (χ1v) is 8.04. The highest BCUT2D eigenvalue weighted by molar-refractivity contribution is 8.13. The number of esters is 1. The molecule has 0 aliphatic heterocycles. The lowest BCUT2D eigenvalue weighted by molar-refractivity contribution is -0.385. The molecular formula is C15H19NO7S. The highest BCUT2D eigenvalue weighted by Crippen LogP contribution is 2.30.